The number of nitrogens with zero attached hydrogens (tertiary/aromatic N) is 2. The summed E-state index contributed by atoms with van der Waals surface area (Å²) >= 11 is 1.57. The average molecular weight is 371 g/mol. The van der Waals surface area contributed by atoms with Gasteiger partial charge in [-0.15, -0.1) is 16.9 Å². The number of nitrogens with one attached hydrogen (secondary N) is 1. The van der Waals surface area contributed by atoms with Gasteiger partial charge in [0.15, 0.2) is 11.5 Å². The fourth-order valence-corrected chi connectivity index (χ4v) is 3.02. The van der Waals surface area contributed by atoms with E-state index in [2.05, 4.69) is 15.5 Å². The first kappa shape index (κ1) is 17.8. The molecule has 134 valence electrons. The lowest BCUT2D eigenvalue weighted by molar-refractivity contribution is 0.102. The van der Waals surface area contributed by atoms with E-state index < -0.39 is 5.91 Å². The highest BCUT2D eigenvalue weighted by atomic mass is 32.2. The number of rotatable bonds is 6. The fraction of sp³-hybridized carbons (Fsp3) is 0.167. The molecular weight excluding hydrogens is 354 g/mol. The van der Waals surface area contributed by atoms with E-state index in [4.69, 9.17) is 13.9 Å². The first-order valence-corrected chi connectivity index (χ1v) is 8.89. The van der Waals surface area contributed by atoms with Crippen molar-refractivity contribution in [3.05, 3.63) is 48.0 Å². The molecule has 7 nitrogen and oxygen atoms in total. The van der Waals surface area contributed by atoms with E-state index in [0.717, 1.165) is 10.5 Å². The van der Waals surface area contributed by atoms with Gasteiger partial charge in [-0.05, 0) is 30.5 Å². The third-order valence-corrected chi connectivity index (χ3v) is 4.43. The molecule has 0 saturated carbocycles. The summed E-state index contributed by atoms with van der Waals surface area (Å²) in [5.74, 6) is 0.692. The lowest BCUT2D eigenvalue weighted by atomic mass is 10.1. The second-order valence-electron chi connectivity index (χ2n) is 5.11. The lowest BCUT2D eigenvalue weighted by Gasteiger charge is -2.11. The predicted octanol–water partition coefficient (Wildman–Crippen LogP) is 3.73. The Hall–Kier alpha value is -3.00. The molecule has 3 aromatic rings. The maximum Gasteiger partial charge on any atom is 0.322 e. The Morgan fingerprint density at radius 1 is 1.08 bits per heavy atom. The molecule has 1 amide bonds. The Kier molecular flexibility index (Phi) is 5.43. The van der Waals surface area contributed by atoms with Crippen LogP contribution in [0, 0.1) is 0 Å². The summed E-state index contributed by atoms with van der Waals surface area (Å²) in [6.45, 7) is 0. The second-order valence-corrected chi connectivity index (χ2v) is 5.96. The molecule has 0 aliphatic rings. The van der Waals surface area contributed by atoms with Gasteiger partial charge in [0.1, 0.15) is 0 Å². The second kappa shape index (κ2) is 7.92. The number of carbonyl (C=O) groups is 1. The monoisotopic (exact) mass is 371 g/mol. The molecule has 0 spiro atoms. The smallest absolute Gasteiger partial charge is 0.322 e. The molecule has 0 radical (unpaired) electrons. The summed E-state index contributed by atoms with van der Waals surface area (Å²) in [5, 5.41) is 10.5. The summed E-state index contributed by atoms with van der Waals surface area (Å²) in [5.41, 5.74) is 1.11. The first-order valence-electron chi connectivity index (χ1n) is 7.67. The van der Waals surface area contributed by atoms with Crippen LogP contribution in [-0.4, -0.2) is 36.6 Å². The van der Waals surface area contributed by atoms with Crippen molar-refractivity contribution in [2.45, 2.75) is 4.90 Å². The Balaban J connectivity index is 1.85. The molecule has 26 heavy (non-hydrogen) atoms. The van der Waals surface area contributed by atoms with Gasteiger partial charge in [-0.2, -0.15) is 0 Å². The van der Waals surface area contributed by atoms with Gasteiger partial charge < -0.3 is 13.9 Å². The number of hydrogen-bond donors (Lipinski definition) is 1. The van der Waals surface area contributed by atoms with Crippen molar-refractivity contribution in [1.82, 2.24) is 10.2 Å². The minimum atomic E-state index is -0.436. The number of methoxy groups -OCH3 is 2. The van der Waals surface area contributed by atoms with Crippen LogP contribution in [0.2, 0.25) is 0 Å². The van der Waals surface area contributed by atoms with Crippen LogP contribution in [0.5, 0.6) is 11.5 Å². The molecule has 0 atom stereocenters. The normalized spacial score (nSPS) is 10.4. The van der Waals surface area contributed by atoms with E-state index in [1.54, 1.807) is 30.0 Å². The third-order valence-electron chi connectivity index (χ3n) is 3.63. The zero-order valence-corrected chi connectivity index (χ0v) is 15.3. The Labute approximate surface area is 154 Å². The van der Waals surface area contributed by atoms with Crippen LogP contribution in [0.3, 0.4) is 0 Å². The van der Waals surface area contributed by atoms with E-state index in [1.165, 1.54) is 14.2 Å². The van der Waals surface area contributed by atoms with Gasteiger partial charge in [0.2, 0.25) is 0 Å². The minimum Gasteiger partial charge on any atom is -0.493 e. The van der Waals surface area contributed by atoms with Crippen LogP contribution in [0.15, 0.2) is 51.8 Å². The topological polar surface area (TPSA) is 86.5 Å². The van der Waals surface area contributed by atoms with Gasteiger partial charge >= 0.3 is 6.01 Å². The zero-order chi connectivity index (χ0) is 18.5. The minimum absolute atomic E-state index is 0.00535. The molecule has 1 heterocycles. The molecular formula is C18H17N3O4S. The molecule has 0 unspecified atom stereocenters. The van der Waals surface area contributed by atoms with E-state index in [1.807, 2.05) is 30.5 Å². The molecule has 0 fully saturated rings. The highest BCUT2D eigenvalue weighted by molar-refractivity contribution is 7.98. The van der Waals surface area contributed by atoms with Crippen molar-refractivity contribution in [2.75, 3.05) is 25.8 Å². The van der Waals surface area contributed by atoms with Gasteiger partial charge in [0, 0.05) is 4.90 Å². The summed E-state index contributed by atoms with van der Waals surface area (Å²) < 4.78 is 16.1. The van der Waals surface area contributed by atoms with Crippen LogP contribution in [0.1, 0.15) is 10.4 Å². The highest BCUT2D eigenvalue weighted by Crippen LogP contribution is 2.32. The third kappa shape index (κ3) is 3.50. The van der Waals surface area contributed by atoms with Crippen LogP contribution in [0.25, 0.3) is 11.5 Å². The number of carbonyl (C=O) groups excluding carboxylic acids is 1. The molecule has 0 aliphatic heterocycles. The lowest BCUT2D eigenvalue weighted by Crippen LogP contribution is -2.13. The van der Waals surface area contributed by atoms with Gasteiger partial charge in [0.05, 0.1) is 25.3 Å². The number of anilines is 1. The van der Waals surface area contributed by atoms with Gasteiger partial charge in [-0.1, -0.05) is 23.3 Å². The van der Waals surface area contributed by atoms with E-state index >= 15 is 0 Å². The largest absolute Gasteiger partial charge is 0.493 e. The van der Waals surface area contributed by atoms with Gasteiger partial charge in [-0.3, -0.25) is 10.1 Å². The fourth-order valence-electron chi connectivity index (χ4n) is 2.43. The molecule has 0 aliphatic carbocycles. The Bertz CT molecular complexity index is 926. The first-order chi connectivity index (χ1) is 12.7. The van der Waals surface area contributed by atoms with E-state index in [9.17, 15) is 4.79 Å². The molecule has 1 aromatic heterocycles. The van der Waals surface area contributed by atoms with Crippen molar-refractivity contribution in [2.24, 2.45) is 0 Å². The molecule has 0 saturated heterocycles. The molecule has 8 heteroatoms. The molecule has 2 aromatic carbocycles. The standard InChI is InChI=1S/C18H17N3O4S/c1-23-13-9-6-8-12(15(13)24-2)16(22)19-18-21-20-17(25-18)11-7-4-5-10-14(11)26-3/h4-10H,1-3H3,(H,19,21,22). The SMILES string of the molecule is COc1cccc(C(=O)Nc2nnc(-c3ccccc3SC)o2)c1OC. The van der Waals surface area contributed by atoms with Crippen molar-refractivity contribution < 1.29 is 18.7 Å². The number of ether oxygens (including phenoxy) is 2. The molecule has 1 N–H and O–H groups in total. The van der Waals surface area contributed by atoms with Crippen LogP contribution in [-0.2, 0) is 0 Å². The highest BCUT2D eigenvalue weighted by Gasteiger charge is 2.19. The predicted molar refractivity (Wildman–Crippen MR) is 99.0 cm³/mol. The number of benzene rings is 2. The number of aromatic nitrogens is 2. The Morgan fingerprint density at radius 2 is 1.88 bits per heavy atom. The van der Waals surface area contributed by atoms with Crippen molar-refractivity contribution in [3.63, 3.8) is 0 Å². The van der Waals surface area contributed by atoms with Crippen molar-refractivity contribution in [3.8, 4) is 23.0 Å². The Morgan fingerprint density at radius 3 is 2.62 bits per heavy atom. The number of thioether (sulfide) groups is 1. The number of para-hydroxylation sites is 1. The summed E-state index contributed by atoms with van der Waals surface area (Å²) in [4.78, 5) is 13.6. The molecule has 3 rings (SSSR count). The summed E-state index contributed by atoms with van der Waals surface area (Å²) in [6, 6.07) is 12.7. The quantitative estimate of drug-likeness (QED) is 0.661. The summed E-state index contributed by atoms with van der Waals surface area (Å²) in [6.07, 6.45) is 1.97. The number of amides is 1. The van der Waals surface area contributed by atoms with Crippen molar-refractivity contribution in [1.29, 1.82) is 0 Å². The molecule has 0 bridgehead atoms. The van der Waals surface area contributed by atoms with Crippen LogP contribution >= 0.6 is 11.8 Å². The van der Waals surface area contributed by atoms with Gasteiger partial charge in [0.25, 0.3) is 11.8 Å². The van der Waals surface area contributed by atoms with Crippen LogP contribution < -0.4 is 14.8 Å². The van der Waals surface area contributed by atoms with Gasteiger partial charge in [-0.25, -0.2) is 0 Å². The maximum absolute atomic E-state index is 12.6. The van der Waals surface area contributed by atoms with E-state index in [-0.39, 0.29) is 6.01 Å². The number of hydrogen-bond acceptors (Lipinski definition) is 7. The summed E-state index contributed by atoms with van der Waals surface area (Å²) in [7, 11) is 2.98. The van der Waals surface area contributed by atoms with Crippen molar-refractivity contribution >= 4 is 23.7 Å². The maximum atomic E-state index is 12.6. The van der Waals surface area contributed by atoms with E-state index in [0.29, 0.717) is 23.0 Å². The average Bonchev–Trinajstić information content (AvgIpc) is 3.15. The van der Waals surface area contributed by atoms with Crippen LogP contribution in [0.4, 0.5) is 6.01 Å². The zero-order valence-electron chi connectivity index (χ0n) is 14.5.